The maximum Gasteiger partial charge on any atom is 0.264 e. The van der Waals surface area contributed by atoms with E-state index in [0.717, 1.165) is 49.2 Å². The zero-order valence-corrected chi connectivity index (χ0v) is 21.1. The predicted octanol–water partition coefficient (Wildman–Crippen LogP) is 3.61. The molecule has 0 saturated carbocycles. The average molecular weight is 497 g/mol. The number of likely N-dealkylation sites (N-methyl/N-ethyl adjacent to an activating group) is 1. The van der Waals surface area contributed by atoms with E-state index >= 15 is 0 Å². The Morgan fingerprint density at radius 3 is 2.92 bits per heavy atom. The Morgan fingerprint density at radius 1 is 1.27 bits per heavy atom. The number of ether oxygens (including phenoxy) is 1. The van der Waals surface area contributed by atoms with E-state index in [0.29, 0.717) is 28.0 Å². The number of benzene rings is 2. The predicted molar refractivity (Wildman–Crippen MR) is 140 cm³/mol. The van der Waals surface area contributed by atoms with Gasteiger partial charge in [0.15, 0.2) is 6.61 Å². The van der Waals surface area contributed by atoms with Crippen LogP contribution in [0, 0.1) is 5.92 Å². The van der Waals surface area contributed by atoms with Crippen molar-refractivity contribution < 1.29 is 23.6 Å². The Hall–Kier alpha value is -3.71. The van der Waals surface area contributed by atoms with Gasteiger partial charge in [0, 0.05) is 48.3 Å². The first-order valence-electron chi connectivity index (χ1n) is 13.1. The minimum Gasteiger partial charge on any atom is -0.482 e. The molecule has 1 aliphatic carbocycles. The molecule has 4 heterocycles. The molecule has 2 unspecified atom stereocenters. The fraction of sp³-hybridized carbons (Fsp3) is 0.367. The fourth-order valence-electron chi connectivity index (χ4n) is 7.95. The molecule has 7 heteroatoms. The van der Waals surface area contributed by atoms with Crippen LogP contribution in [-0.2, 0) is 15.0 Å². The van der Waals surface area contributed by atoms with Gasteiger partial charge in [0.25, 0.3) is 5.91 Å². The van der Waals surface area contributed by atoms with Crippen molar-refractivity contribution in [1.29, 1.82) is 0 Å². The Kier molecular flexibility index (Phi) is 4.65. The van der Waals surface area contributed by atoms with Gasteiger partial charge < -0.3 is 19.4 Å². The number of anilines is 2. The van der Waals surface area contributed by atoms with Gasteiger partial charge in [-0.1, -0.05) is 24.3 Å². The van der Waals surface area contributed by atoms with Crippen LogP contribution in [0.15, 0.2) is 65.4 Å². The molecule has 188 valence electrons. The summed E-state index contributed by atoms with van der Waals surface area (Å²) in [7, 11) is 1.72. The minimum atomic E-state index is -0.265. The number of nitrogens with zero attached hydrogens (tertiary/aromatic N) is 2. The van der Waals surface area contributed by atoms with Crippen molar-refractivity contribution in [2.75, 3.05) is 43.5 Å². The summed E-state index contributed by atoms with van der Waals surface area (Å²) in [6, 6.07) is 14.0. The van der Waals surface area contributed by atoms with Crippen LogP contribution < -0.4 is 15.0 Å². The molecule has 7 nitrogen and oxygen atoms in total. The number of para-hydroxylation sites is 1. The topological polar surface area (TPSA) is 75.7 Å². The third-order valence-corrected chi connectivity index (χ3v) is 9.69. The summed E-state index contributed by atoms with van der Waals surface area (Å²) in [6.07, 6.45) is 4.99. The number of hydrogen-bond donors (Lipinski definition) is 1. The molecule has 0 aromatic heterocycles. The molecule has 2 fully saturated rings. The Balaban J connectivity index is 1.32. The lowest BCUT2D eigenvalue weighted by Gasteiger charge is -2.53. The normalized spacial score (nSPS) is 31.9. The van der Waals surface area contributed by atoms with Crippen LogP contribution in [0.3, 0.4) is 0 Å². The molecule has 2 saturated heterocycles. The average Bonchev–Trinajstić information content (AvgIpc) is 3.44. The summed E-state index contributed by atoms with van der Waals surface area (Å²) >= 11 is 0. The molecule has 7 rings (SSSR count). The summed E-state index contributed by atoms with van der Waals surface area (Å²) in [5, 5.41) is 3.65. The van der Waals surface area contributed by atoms with Crippen molar-refractivity contribution >= 4 is 29.4 Å². The Bertz CT molecular complexity index is 1460. The maximum absolute atomic E-state index is 13.9. The first-order valence-corrected chi connectivity index (χ1v) is 13.1. The van der Waals surface area contributed by atoms with Gasteiger partial charge in [-0.15, -0.1) is 0 Å². The Labute approximate surface area is 216 Å². The maximum atomic E-state index is 13.9. The lowest BCUT2D eigenvalue weighted by molar-refractivity contribution is -0.934. The first-order chi connectivity index (χ1) is 17.9. The van der Waals surface area contributed by atoms with E-state index in [2.05, 4.69) is 29.6 Å². The van der Waals surface area contributed by atoms with Crippen molar-refractivity contribution in [3.8, 4) is 5.75 Å². The molecule has 1 N–H and O–H groups in total. The number of nitrogens with one attached hydrogen (secondary N) is 1. The molecule has 2 bridgehead atoms. The van der Waals surface area contributed by atoms with Gasteiger partial charge in [-0.3, -0.25) is 14.4 Å². The van der Waals surface area contributed by atoms with Crippen LogP contribution >= 0.6 is 0 Å². The zero-order valence-electron chi connectivity index (χ0n) is 21.1. The number of amides is 1. The zero-order chi connectivity index (χ0) is 25.5. The highest BCUT2D eigenvalue weighted by Gasteiger charge is 2.68. The number of hydrogen-bond acceptors (Lipinski definition) is 5. The van der Waals surface area contributed by atoms with Crippen LogP contribution in [0.25, 0.3) is 0 Å². The standard InChI is InChI=1S/C30H29N3O4/c1-3-18-14-33(15-25(35)19-8-9-26-24(12-19)32(2)28(36)17-37-26)11-10-30-22-6-4-5-7-23(22)31-29(30)21(16-34)20(18)13-27(30)33/h3-9,12,16,20,27H,10-11,13-15,17H2,1-2H3/p+1/b18-3-/t20-,27?,30+,33?/m0/s1. The third-order valence-electron chi connectivity index (χ3n) is 9.69. The number of Topliss-reactive ketones (excluding diaryl/α,β-unsaturated/α-hetero) is 1. The number of piperidine rings is 1. The van der Waals surface area contributed by atoms with Gasteiger partial charge in [-0.05, 0) is 42.3 Å². The van der Waals surface area contributed by atoms with Crippen molar-refractivity contribution in [2.24, 2.45) is 5.92 Å². The van der Waals surface area contributed by atoms with E-state index in [1.165, 1.54) is 11.1 Å². The largest absolute Gasteiger partial charge is 0.482 e. The van der Waals surface area contributed by atoms with Crippen LogP contribution in [-0.4, -0.2) is 61.8 Å². The van der Waals surface area contributed by atoms with Crippen LogP contribution in [0.1, 0.15) is 35.7 Å². The second kappa shape index (κ2) is 7.65. The highest BCUT2D eigenvalue weighted by molar-refractivity contribution is 6.02. The summed E-state index contributed by atoms with van der Waals surface area (Å²) < 4.78 is 6.26. The van der Waals surface area contributed by atoms with E-state index in [4.69, 9.17) is 4.74 Å². The number of quaternary nitrogens is 1. The number of rotatable bonds is 4. The number of aldehydes is 1. The molecule has 2 aromatic carbocycles. The summed E-state index contributed by atoms with van der Waals surface area (Å²) in [5.41, 5.74) is 6.51. The van der Waals surface area contributed by atoms with Gasteiger partial charge in [0.2, 0.25) is 5.78 Å². The highest BCUT2D eigenvalue weighted by atomic mass is 16.5. The van der Waals surface area contributed by atoms with E-state index in [1.54, 1.807) is 24.1 Å². The van der Waals surface area contributed by atoms with Gasteiger partial charge in [0.1, 0.15) is 31.2 Å². The second-order valence-corrected chi connectivity index (χ2v) is 11.1. The lowest BCUT2D eigenvalue weighted by atomic mass is 9.61. The number of carbonyl (C=O) groups excluding carboxylic acids is 3. The van der Waals surface area contributed by atoms with E-state index in [1.807, 2.05) is 19.1 Å². The van der Waals surface area contributed by atoms with Crippen molar-refractivity contribution in [1.82, 2.24) is 0 Å². The molecule has 37 heavy (non-hydrogen) atoms. The minimum absolute atomic E-state index is 0.0159. The monoisotopic (exact) mass is 496 g/mol. The van der Waals surface area contributed by atoms with Gasteiger partial charge in [-0.2, -0.15) is 0 Å². The number of allylic oxidation sites excluding steroid dienone is 2. The lowest BCUT2D eigenvalue weighted by Crippen LogP contribution is -2.64. The van der Waals surface area contributed by atoms with E-state index in [-0.39, 0.29) is 35.7 Å². The van der Waals surface area contributed by atoms with Crippen molar-refractivity contribution in [3.05, 3.63) is 76.5 Å². The second-order valence-electron chi connectivity index (χ2n) is 11.1. The summed E-state index contributed by atoms with van der Waals surface area (Å²) in [5.74, 6) is 0.670. The molecule has 4 atom stereocenters. The third kappa shape index (κ3) is 2.83. The molecule has 5 aliphatic rings. The molecular formula is C30H30N3O4+. The first kappa shape index (κ1) is 22.5. The quantitative estimate of drug-likeness (QED) is 0.303. The molecule has 1 amide bonds. The molecular weight excluding hydrogens is 466 g/mol. The number of carbonyl (C=O) groups is 3. The van der Waals surface area contributed by atoms with Gasteiger partial charge in [0.05, 0.1) is 17.6 Å². The van der Waals surface area contributed by atoms with Crippen molar-refractivity contribution in [2.45, 2.75) is 31.2 Å². The van der Waals surface area contributed by atoms with Gasteiger partial charge >= 0.3 is 0 Å². The van der Waals surface area contributed by atoms with Gasteiger partial charge in [-0.25, -0.2) is 0 Å². The molecule has 2 aromatic rings. The Morgan fingerprint density at radius 2 is 2.11 bits per heavy atom. The molecule has 4 aliphatic heterocycles. The van der Waals surface area contributed by atoms with E-state index in [9.17, 15) is 14.4 Å². The summed E-state index contributed by atoms with van der Waals surface area (Å²) in [4.78, 5) is 40.1. The number of fused-ring (bicyclic) bond motifs is 3. The summed E-state index contributed by atoms with van der Waals surface area (Å²) in [6.45, 7) is 4.10. The fourth-order valence-corrected chi connectivity index (χ4v) is 7.95. The highest BCUT2D eigenvalue weighted by Crippen LogP contribution is 2.63. The van der Waals surface area contributed by atoms with Crippen molar-refractivity contribution in [3.63, 3.8) is 0 Å². The number of ketones is 1. The SMILES string of the molecule is C/C=C1/C[N+]2(CC(=O)c3ccc4c(c3)N(C)C(=O)CO4)CC[C@]34C(=C(C=O)[C@H]1CC32)Nc1ccccc14. The van der Waals surface area contributed by atoms with Crippen LogP contribution in [0.5, 0.6) is 5.75 Å². The van der Waals surface area contributed by atoms with Crippen LogP contribution in [0.4, 0.5) is 11.4 Å². The smallest absolute Gasteiger partial charge is 0.264 e. The molecule has 1 spiro atoms. The van der Waals surface area contributed by atoms with Crippen LogP contribution in [0.2, 0.25) is 0 Å². The van der Waals surface area contributed by atoms with E-state index < -0.39 is 0 Å². The molecule has 0 radical (unpaired) electrons.